The van der Waals surface area contributed by atoms with Gasteiger partial charge in [0.25, 0.3) is 0 Å². The lowest BCUT2D eigenvalue weighted by molar-refractivity contribution is -0.0369. The fraction of sp³-hybridized carbons (Fsp3) is 0.533. The number of aliphatic hydroxyl groups is 1. The van der Waals surface area contributed by atoms with Crippen molar-refractivity contribution in [1.82, 2.24) is 15.0 Å². The molecule has 3 N–H and O–H groups in total. The van der Waals surface area contributed by atoms with Crippen LogP contribution in [0.1, 0.15) is 37.7 Å². The first-order chi connectivity index (χ1) is 9.83. The van der Waals surface area contributed by atoms with Gasteiger partial charge in [-0.2, -0.15) is 5.01 Å². The molecular formula is C15H20N4O. The summed E-state index contributed by atoms with van der Waals surface area (Å²) in [5.41, 5.74) is 6.48. The summed E-state index contributed by atoms with van der Waals surface area (Å²) in [6.45, 7) is 0.740. The van der Waals surface area contributed by atoms with E-state index in [1.165, 1.54) is 24.8 Å². The van der Waals surface area contributed by atoms with Gasteiger partial charge in [-0.1, -0.05) is 19.3 Å². The number of nitrogens with zero attached hydrogens (tertiary/aromatic N) is 2. The van der Waals surface area contributed by atoms with Gasteiger partial charge in [0, 0.05) is 29.6 Å². The van der Waals surface area contributed by atoms with E-state index in [1.54, 1.807) is 0 Å². The van der Waals surface area contributed by atoms with Crippen LogP contribution in [0.2, 0.25) is 0 Å². The molecule has 0 bridgehead atoms. The molecule has 5 nitrogen and oxygen atoms in total. The van der Waals surface area contributed by atoms with Gasteiger partial charge in [0.15, 0.2) is 0 Å². The molecule has 106 valence electrons. The predicted octanol–water partition coefficient (Wildman–Crippen LogP) is 2.60. The maximum absolute atomic E-state index is 10.6. The van der Waals surface area contributed by atoms with E-state index in [9.17, 15) is 5.11 Å². The number of H-pyrrole nitrogens is 1. The molecular weight excluding hydrogens is 252 g/mol. The standard InChI is InChI=1S/C15H20N4O/c20-15(10-4-2-1-3-5-10)19-9-12-11-6-7-16-14(11)17-8-13(12)18-19/h6-8,10,15,18,20H,1-5,9H2,(H,16,17). The Morgan fingerprint density at radius 3 is 3.00 bits per heavy atom. The van der Waals surface area contributed by atoms with E-state index in [-0.39, 0.29) is 0 Å². The molecule has 20 heavy (non-hydrogen) atoms. The Morgan fingerprint density at radius 2 is 2.15 bits per heavy atom. The molecule has 2 aromatic heterocycles. The Kier molecular flexibility index (Phi) is 2.89. The number of anilines is 1. The highest BCUT2D eigenvalue weighted by Crippen LogP contribution is 2.35. The SMILES string of the molecule is OC(C1CCCCC1)N1Cc2c(cnc3[nH]ccc23)N1. The van der Waals surface area contributed by atoms with E-state index in [2.05, 4.69) is 21.5 Å². The van der Waals surface area contributed by atoms with Crippen LogP contribution in [0.15, 0.2) is 18.5 Å². The van der Waals surface area contributed by atoms with Crippen molar-refractivity contribution in [3.05, 3.63) is 24.0 Å². The monoisotopic (exact) mass is 272 g/mol. The molecule has 1 aliphatic carbocycles. The molecule has 1 unspecified atom stereocenters. The summed E-state index contributed by atoms with van der Waals surface area (Å²) in [6.07, 6.45) is 9.42. The third-order valence-corrected chi connectivity index (χ3v) is 4.68. The molecule has 0 aromatic carbocycles. The normalized spacial score (nSPS) is 21.9. The Bertz CT molecular complexity index is 617. The smallest absolute Gasteiger partial charge is 0.137 e. The van der Waals surface area contributed by atoms with Crippen LogP contribution in [0.5, 0.6) is 0 Å². The largest absolute Gasteiger partial charge is 0.376 e. The van der Waals surface area contributed by atoms with Crippen LogP contribution in [0, 0.1) is 5.92 Å². The van der Waals surface area contributed by atoms with E-state index in [1.807, 2.05) is 17.4 Å². The van der Waals surface area contributed by atoms with Gasteiger partial charge in [0.1, 0.15) is 11.9 Å². The van der Waals surface area contributed by atoms with E-state index < -0.39 is 6.23 Å². The fourth-order valence-corrected chi connectivity index (χ4v) is 3.54. The zero-order valence-corrected chi connectivity index (χ0v) is 11.5. The van der Waals surface area contributed by atoms with Gasteiger partial charge >= 0.3 is 0 Å². The molecule has 4 rings (SSSR count). The van der Waals surface area contributed by atoms with Crippen molar-refractivity contribution in [1.29, 1.82) is 0 Å². The van der Waals surface area contributed by atoms with Crippen LogP contribution in [-0.2, 0) is 6.54 Å². The molecule has 0 saturated heterocycles. The Balaban J connectivity index is 1.57. The topological polar surface area (TPSA) is 64.2 Å². The average molecular weight is 272 g/mol. The third-order valence-electron chi connectivity index (χ3n) is 4.68. The minimum absolute atomic E-state index is 0.389. The van der Waals surface area contributed by atoms with E-state index >= 15 is 0 Å². The van der Waals surface area contributed by atoms with Crippen molar-refractivity contribution in [3.63, 3.8) is 0 Å². The first-order valence-corrected chi connectivity index (χ1v) is 7.49. The molecule has 0 spiro atoms. The van der Waals surface area contributed by atoms with Gasteiger partial charge in [0.05, 0.1) is 11.9 Å². The molecule has 1 saturated carbocycles. The van der Waals surface area contributed by atoms with Crippen LogP contribution >= 0.6 is 0 Å². The van der Waals surface area contributed by atoms with E-state index in [0.29, 0.717) is 5.92 Å². The number of aliphatic hydroxyl groups excluding tert-OH is 1. The van der Waals surface area contributed by atoms with Crippen molar-refractivity contribution < 1.29 is 5.11 Å². The second-order valence-electron chi connectivity index (χ2n) is 5.94. The summed E-state index contributed by atoms with van der Waals surface area (Å²) in [5, 5.41) is 13.7. The number of hydrogen-bond acceptors (Lipinski definition) is 4. The minimum atomic E-state index is -0.406. The van der Waals surface area contributed by atoms with Crippen molar-refractivity contribution >= 4 is 16.7 Å². The van der Waals surface area contributed by atoms with E-state index in [4.69, 9.17) is 0 Å². The number of rotatable bonds is 2. The zero-order valence-electron chi connectivity index (χ0n) is 11.5. The maximum Gasteiger partial charge on any atom is 0.137 e. The quantitative estimate of drug-likeness (QED) is 0.786. The molecule has 5 heteroatoms. The maximum atomic E-state index is 10.6. The number of aromatic amines is 1. The van der Waals surface area contributed by atoms with Gasteiger partial charge in [-0.15, -0.1) is 0 Å². The summed E-state index contributed by atoms with van der Waals surface area (Å²) >= 11 is 0. The zero-order chi connectivity index (χ0) is 13.5. The van der Waals surface area contributed by atoms with Crippen LogP contribution < -0.4 is 5.43 Å². The summed E-state index contributed by atoms with van der Waals surface area (Å²) in [7, 11) is 0. The molecule has 1 atom stereocenters. The average Bonchev–Trinajstić information content (AvgIpc) is 3.12. The van der Waals surface area contributed by atoms with Gasteiger partial charge in [-0.25, -0.2) is 4.98 Å². The number of nitrogens with one attached hydrogen (secondary N) is 2. The number of pyridine rings is 1. The fourth-order valence-electron chi connectivity index (χ4n) is 3.54. The van der Waals surface area contributed by atoms with Crippen LogP contribution in [0.25, 0.3) is 11.0 Å². The molecule has 3 heterocycles. The number of hydrogen-bond donors (Lipinski definition) is 3. The predicted molar refractivity (Wildman–Crippen MR) is 77.8 cm³/mol. The highest BCUT2D eigenvalue weighted by Gasteiger charge is 2.31. The Labute approximate surface area is 118 Å². The molecule has 2 aliphatic rings. The molecule has 1 aliphatic heterocycles. The lowest BCUT2D eigenvalue weighted by Gasteiger charge is -2.32. The number of fused-ring (bicyclic) bond motifs is 3. The summed E-state index contributed by atoms with van der Waals surface area (Å²) in [4.78, 5) is 7.53. The first kappa shape index (κ1) is 12.2. The second-order valence-corrected chi connectivity index (χ2v) is 5.94. The highest BCUT2D eigenvalue weighted by atomic mass is 16.3. The second kappa shape index (κ2) is 4.75. The van der Waals surface area contributed by atoms with Crippen molar-refractivity contribution in [2.75, 3.05) is 5.43 Å². The van der Waals surface area contributed by atoms with Crippen LogP contribution in [0.4, 0.5) is 5.69 Å². The minimum Gasteiger partial charge on any atom is -0.376 e. The lowest BCUT2D eigenvalue weighted by Crippen LogP contribution is -2.41. The molecule has 0 amide bonds. The Hall–Kier alpha value is -1.59. The molecule has 1 fully saturated rings. The van der Waals surface area contributed by atoms with Gasteiger partial charge in [-0.05, 0) is 18.9 Å². The van der Waals surface area contributed by atoms with E-state index in [0.717, 1.165) is 36.1 Å². The summed E-state index contributed by atoms with van der Waals surface area (Å²) in [5.74, 6) is 0.389. The first-order valence-electron chi connectivity index (χ1n) is 7.49. The number of hydrazine groups is 1. The lowest BCUT2D eigenvalue weighted by atomic mass is 9.88. The summed E-state index contributed by atoms with van der Waals surface area (Å²) in [6, 6.07) is 2.05. The number of aromatic nitrogens is 2. The van der Waals surface area contributed by atoms with Crippen LogP contribution in [0.3, 0.4) is 0 Å². The van der Waals surface area contributed by atoms with Crippen molar-refractivity contribution in [2.45, 2.75) is 44.9 Å². The van der Waals surface area contributed by atoms with Gasteiger partial charge < -0.3 is 15.5 Å². The summed E-state index contributed by atoms with van der Waals surface area (Å²) < 4.78 is 0. The van der Waals surface area contributed by atoms with Gasteiger partial charge in [-0.3, -0.25) is 0 Å². The van der Waals surface area contributed by atoms with Crippen molar-refractivity contribution in [2.24, 2.45) is 5.92 Å². The van der Waals surface area contributed by atoms with Crippen molar-refractivity contribution in [3.8, 4) is 0 Å². The van der Waals surface area contributed by atoms with Crippen LogP contribution in [-0.4, -0.2) is 26.3 Å². The third kappa shape index (κ3) is 1.89. The molecule has 0 radical (unpaired) electrons. The van der Waals surface area contributed by atoms with Gasteiger partial charge in [0.2, 0.25) is 0 Å². The Morgan fingerprint density at radius 1 is 1.30 bits per heavy atom. The highest BCUT2D eigenvalue weighted by molar-refractivity contribution is 5.85. The molecule has 2 aromatic rings.